The number of carbonyl (C=O) groups excluding carboxylic acids is 2. The first-order valence-electron chi connectivity index (χ1n) is 44.8. The van der Waals surface area contributed by atoms with Gasteiger partial charge in [-0.2, -0.15) is 20.5 Å². The van der Waals surface area contributed by atoms with Gasteiger partial charge in [-0.25, -0.2) is 18.7 Å². The number of azo groups is 2. The highest BCUT2D eigenvalue weighted by Crippen LogP contribution is 2.69. The van der Waals surface area contributed by atoms with E-state index >= 15 is 0 Å². The monoisotopic (exact) mass is 1700 g/mol. The van der Waals surface area contributed by atoms with Gasteiger partial charge in [0.05, 0.1) is 47.1 Å². The molecule has 0 N–H and O–H groups in total. The number of nitrogens with zero attached hydrogens (tertiary/aromatic N) is 6. The molecule has 6 saturated carbocycles. The minimum absolute atomic E-state index is 0. The summed E-state index contributed by atoms with van der Waals surface area (Å²) in [4.78, 5) is 26.7. The van der Waals surface area contributed by atoms with Crippen molar-refractivity contribution < 1.29 is 71.6 Å². The predicted molar refractivity (Wildman–Crippen MR) is 459 cm³/mol. The Balaban J connectivity index is 0.000000211. The molecule has 16 unspecified atom stereocenters. The highest BCUT2D eigenvalue weighted by atomic mass is 79.9. The number of benzene rings is 5. The lowest BCUT2D eigenvalue weighted by Crippen LogP contribution is -3.00. The van der Waals surface area contributed by atoms with E-state index in [1.54, 1.807) is 23.3 Å². The number of allylic oxidation sites excluding steroid dienone is 2. The third-order valence-electron chi connectivity index (χ3n) is 30.2. The van der Waals surface area contributed by atoms with Gasteiger partial charge in [0.1, 0.15) is 36.8 Å². The van der Waals surface area contributed by atoms with Crippen molar-refractivity contribution in [1.82, 2.24) is 0 Å². The number of rotatable bonds is 30. The number of hydrogen-bond donors (Lipinski definition) is 0. The predicted octanol–water partition coefficient (Wildman–Crippen LogP) is 20.8. The van der Waals surface area contributed by atoms with Crippen molar-refractivity contribution >= 4 is 45.5 Å². The number of carbonyl (C=O) groups is 2. The molecule has 2 aromatic heterocycles. The van der Waals surface area contributed by atoms with Crippen LogP contribution in [0.15, 0.2) is 214 Å². The van der Waals surface area contributed by atoms with Crippen LogP contribution in [0, 0.1) is 92.7 Å². The molecule has 12 nitrogen and oxygen atoms in total. The number of ether oxygens (including phenoxy) is 4. The number of pyridine rings is 2. The lowest BCUT2D eigenvalue weighted by molar-refractivity contribution is -0.697. The van der Waals surface area contributed by atoms with Crippen molar-refractivity contribution in [2.45, 2.75) is 261 Å². The summed E-state index contributed by atoms with van der Waals surface area (Å²) in [5, 5.41) is 20.2. The van der Waals surface area contributed by atoms with E-state index in [0.29, 0.717) is 46.5 Å². The first-order chi connectivity index (χ1) is 55.2. The molecule has 0 spiro atoms. The molecule has 0 radical (unpaired) electrons. The van der Waals surface area contributed by atoms with Crippen LogP contribution in [0.5, 0.6) is 11.5 Å². The average molecular weight is 1700 g/mol. The number of aryl methyl sites for hydroxylation is 2. The number of unbranched alkanes of at least 4 members (excludes halogenated alkanes) is 2. The van der Waals surface area contributed by atoms with Crippen LogP contribution in [0.4, 0.5) is 22.7 Å². The summed E-state index contributed by atoms with van der Waals surface area (Å²) in [6.07, 6.45) is 45.6. The third-order valence-corrected chi connectivity index (χ3v) is 30.2. The Kier molecular flexibility index (Phi) is 30.6. The van der Waals surface area contributed by atoms with Gasteiger partial charge >= 0.3 is 11.9 Å². The summed E-state index contributed by atoms with van der Waals surface area (Å²) in [6.45, 7) is 28.4. The molecule has 8 aliphatic carbocycles. The molecule has 15 rings (SSSR count). The topological polar surface area (TPSA) is 128 Å². The Morgan fingerprint density at radius 3 is 1.26 bits per heavy atom. The maximum absolute atomic E-state index is 13.4. The minimum atomic E-state index is -0.243. The van der Waals surface area contributed by atoms with Gasteiger partial charge in [-0.15, -0.1) is 0 Å². The van der Waals surface area contributed by atoms with Crippen molar-refractivity contribution in [2.24, 2.45) is 113 Å². The minimum Gasteiger partial charge on any atom is -1.00 e. The first kappa shape index (κ1) is 88.1. The molecule has 116 heavy (non-hydrogen) atoms. The largest absolute Gasteiger partial charge is 1.00 e. The fraction of sp³-hybridized carbons (Fsp3) is 0.569. The maximum Gasteiger partial charge on any atom is 0.338 e. The van der Waals surface area contributed by atoms with Crippen molar-refractivity contribution in [1.29, 1.82) is 0 Å². The number of hydrogen-bond acceptors (Lipinski definition) is 10. The molecule has 7 aromatic rings. The SMILES string of the molecule is CC(C)CCCC(C)C1CCC2C3CC=C4CC(OC(=O)c5ccc(N=Nc6ccc(OCCCC[n+]7ccc8ccccc8c7)cc6)cc5)CCC4(C)C3CCC12C.CC(C)CCCC(C)C1CCC2C3CC=C4CC(OC(=O)c5ccc(N=Nc6ccc(OCCCC[n+]7ccccc7)cc6)cc5)CCC4(C)C3CCC12C.[Br-].[Br-]. The molecule has 6 fully saturated rings. The smallest absolute Gasteiger partial charge is 0.338 e. The third kappa shape index (κ3) is 21.0. The van der Waals surface area contributed by atoms with E-state index in [-0.39, 0.29) is 68.9 Å². The second-order valence-electron chi connectivity index (χ2n) is 38.1. The van der Waals surface area contributed by atoms with Gasteiger partial charge in [-0.1, -0.05) is 155 Å². The van der Waals surface area contributed by atoms with Gasteiger partial charge < -0.3 is 52.9 Å². The van der Waals surface area contributed by atoms with Gasteiger partial charge in [0.2, 0.25) is 0 Å². The molecule has 0 amide bonds. The van der Waals surface area contributed by atoms with E-state index in [1.165, 1.54) is 114 Å². The van der Waals surface area contributed by atoms with E-state index in [9.17, 15) is 9.59 Å². The van der Waals surface area contributed by atoms with E-state index in [0.717, 1.165) is 171 Å². The molecule has 14 heteroatoms. The van der Waals surface area contributed by atoms with Crippen LogP contribution in [-0.2, 0) is 22.6 Å². The molecule has 0 saturated heterocycles. The highest BCUT2D eigenvalue weighted by Gasteiger charge is 2.61. The van der Waals surface area contributed by atoms with Gasteiger partial charge in [0.25, 0.3) is 0 Å². The Hall–Kier alpha value is -7.16. The molecular formula is C102H134Br2N6O6. The summed E-state index contributed by atoms with van der Waals surface area (Å²) < 4.78 is 28.7. The lowest BCUT2D eigenvalue weighted by atomic mass is 9.47. The number of esters is 2. The summed E-state index contributed by atoms with van der Waals surface area (Å²) in [6, 6.07) is 46.7. The molecule has 16 atom stereocenters. The highest BCUT2D eigenvalue weighted by molar-refractivity contribution is 5.90. The standard InChI is InChI=1S/C53H68N3O3.C49H66N3O3.2BrH/c1-37(2)11-10-12-38(3)48-25-26-49-47-24-17-42-35-46(27-30-52(42,4)50(47)28-31-53(48,49)5)59-51(57)40-15-18-43(19-16-40)54-55-44-20-22-45(23-21-44)58-34-9-8-32-56-33-29-39-13-6-7-14-41(39)36-56;1-35(2)12-11-13-36(3)44-24-25-45-43-23-16-38-34-42(26-28-48(38,4)46(43)27-29-49(44,45)5)55-47(53)37-14-17-39(18-15-37)50-51-40-19-21-41(22-20-40)54-33-10-9-32-52-30-7-6-8-31-52;;/h6-7,13-23,29,33,36-38,46-50H,8-12,24-28,30-32,34-35H2,1-5H3;6-8,14-22,30-31,35-36,42-46H,9-13,23-29,32-34H2,1-5H3;2*1H/q2*+1;;/p-2. The molecule has 622 valence electrons. The zero-order valence-electron chi connectivity index (χ0n) is 71.5. The molecule has 2 heterocycles. The lowest BCUT2D eigenvalue weighted by Gasteiger charge is -2.58. The van der Waals surface area contributed by atoms with Crippen molar-refractivity contribution in [3.8, 4) is 11.5 Å². The fourth-order valence-corrected chi connectivity index (χ4v) is 23.8. The van der Waals surface area contributed by atoms with Gasteiger partial charge in [-0.3, -0.25) is 0 Å². The molecule has 0 aliphatic heterocycles. The van der Waals surface area contributed by atoms with Crippen LogP contribution in [-0.4, -0.2) is 37.4 Å². The molecule has 0 bridgehead atoms. The Labute approximate surface area is 716 Å². The van der Waals surface area contributed by atoms with E-state index < -0.39 is 0 Å². The van der Waals surface area contributed by atoms with Crippen LogP contribution in [0.1, 0.15) is 257 Å². The van der Waals surface area contributed by atoms with Gasteiger partial charge in [0, 0.05) is 49.3 Å². The first-order valence-corrected chi connectivity index (χ1v) is 44.8. The zero-order valence-corrected chi connectivity index (χ0v) is 74.7. The summed E-state index contributed by atoms with van der Waals surface area (Å²) in [5.41, 5.74) is 8.64. The van der Waals surface area contributed by atoms with Crippen molar-refractivity contribution in [3.05, 3.63) is 205 Å². The van der Waals surface area contributed by atoms with Crippen LogP contribution in [0.3, 0.4) is 0 Å². The molecule has 8 aliphatic rings. The maximum atomic E-state index is 13.4. The van der Waals surface area contributed by atoms with Crippen LogP contribution >= 0.6 is 0 Å². The van der Waals surface area contributed by atoms with E-state index in [2.05, 4.69) is 178 Å². The van der Waals surface area contributed by atoms with Crippen molar-refractivity contribution in [2.75, 3.05) is 13.2 Å². The number of halogens is 2. The van der Waals surface area contributed by atoms with E-state index in [4.69, 9.17) is 18.9 Å². The second-order valence-corrected chi connectivity index (χ2v) is 38.1. The van der Waals surface area contributed by atoms with Crippen LogP contribution < -0.4 is 52.6 Å². The Bertz CT molecular complexity index is 4450. The average Bonchev–Trinajstić information content (AvgIpc) is 1.41. The Morgan fingerprint density at radius 1 is 0.414 bits per heavy atom. The fourth-order valence-electron chi connectivity index (χ4n) is 23.8. The molecular weight excluding hydrogens is 1560 g/mol. The summed E-state index contributed by atoms with van der Waals surface area (Å²) in [7, 11) is 0. The van der Waals surface area contributed by atoms with Crippen LogP contribution in [0.2, 0.25) is 0 Å². The molecule has 5 aromatic carbocycles. The normalized spacial score (nSPS) is 28.2. The summed E-state index contributed by atoms with van der Waals surface area (Å²) in [5.74, 6) is 11.1. The number of aromatic nitrogens is 2. The number of fused-ring (bicyclic) bond motifs is 11. The Morgan fingerprint density at radius 2 is 0.828 bits per heavy atom. The zero-order chi connectivity index (χ0) is 79.4. The van der Waals surface area contributed by atoms with Gasteiger partial charge in [-0.05, 0) is 304 Å². The quantitative estimate of drug-likeness (QED) is 0.0145. The van der Waals surface area contributed by atoms with E-state index in [1.807, 2.05) is 91.0 Å². The van der Waals surface area contributed by atoms with Gasteiger partial charge in [0.15, 0.2) is 24.8 Å². The van der Waals surface area contributed by atoms with Crippen molar-refractivity contribution in [3.63, 3.8) is 0 Å². The van der Waals surface area contributed by atoms with Crippen LogP contribution in [0.25, 0.3) is 10.8 Å². The summed E-state index contributed by atoms with van der Waals surface area (Å²) >= 11 is 0. The second kappa shape index (κ2) is 40.3.